The van der Waals surface area contributed by atoms with Crippen molar-refractivity contribution in [2.75, 3.05) is 20.8 Å². The first kappa shape index (κ1) is 18.9. The van der Waals surface area contributed by atoms with E-state index in [9.17, 15) is 14.4 Å². The zero-order valence-corrected chi connectivity index (χ0v) is 17.0. The quantitative estimate of drug-likeness (QED) is 0.715. The van der Waals surface area contributed by atoms with E-state index in [1.807, 2.05) is 42.5 Å². The number of likely N-dealkylation sites (tertiary alicyclic amines) is 1. The van der Waals surface area contributed by atoms with Gasteiger partial charge in [-0.3, -0.25) is 19.3 Å². The summed E-state index contributed by atoms with van der Waals surface area (Å²) >= 11 is 0. The molecule has 30 heavy (non-hydrogen) atoms. The molecule has 6 heteroatoms. The number of hydrogen-bond donors (Lipinski definition) is 0. The molecule has 2 amide bonds. The number of amides is 2. The highest BCUT2D eigenvalue weighted by Gasteiger charge is 2.62. The summed E-state index contributed by atoms with van der Waals surface area (Å²) in [6, 6.07) is 13.4. The van der Waals surface area contributed by atoms with Gasteiger partial charge in [0.05, 0.1) is 32.0 Å². The van der Waals surface area contributed by atoms with Crippen LogP contribution in [0.15, 0.2) is 42.5 Å². The van der Waals surface area contributed by atoms with Crippen LogP contribution in [-0.4, -0.2) is 43.3 Å². The summed E-state index contributed by atoms with van der Waals surface area (Å²) < 4.78 is 10.6. The fourth-order valence-corrected chi connectivity index (χ4v) is 5.52. The van der Waals surface area contributed by atoms with Crippen LogP contribution in [0.2, 0.25) is 0 Å². The van der Waals surface area contributed by atoms with E-state index in [0.29, 0.717) is 30.9 Å². The lowest BCUT2D eigenvalue weighted by Crippen LogP contribution is -2.44. The van der Waals surface area contributed by atoms with E-state index in [-0.39, 0.29) is 23.5 Å². The van der Waals surface area contributed by atoms with Crippen molar-refractivity contribution in [1.82, 2.24) is 4.90 Å². The minimum Gasteiger partial charge on any atom is -0.493 e. The van der Waals surface area contributed by atoms with Gasteiger partial charge in [0.15, 0.2) is 11.5 Å². The van der Waals surface area contributed by atoms with Crippen LogP contribution in [-0.2, 0) is 20.8 Å². The molecule has 4 aliphatic rings. The zero-order valence-electron chi connectivity index (χ0n) is 17.0. The molecule has 1 heterocycles. The number of imide groups is 1. The summed E-state index contributed by atoms with van der Waals surface area (Å²) in [6.07, 6.45) is 0.874. The number of fused-ring (bicyclic) bond motifs is 1. The van der Waals surface area contributed by atoms with Crippen LogP contribution in [0.4, 0.5) is 0 Å². The van der Waals surface area contributed by atoms with Crippen LogP contribution in [0.25, 0.3) is 0 Å². The Bertz CT molecular complexity index is 1060. The number of carbonyl (C=O) groups is 3. The van der Waals surface area contributed by atoms with Crippen molar-refractivity contribution < 1.29 is 23.9 Å². The van der Waals surface area contributed by atoms with Crippen LogP contribution in [0.3, 0.4) is 0 Å². The standard InChI is InChI=1S/C24H23NO5/c1-29-18-8-7-13(11-19(18)30-2)9-10-25-23(27)21-16-12-17(26)20(22(21)24(25)28)15-6-4-3-5-14(15)16/h3-8,11,16,20-22H,9-10,12H2,1-2H3/t16-,20-,21+,22-/m0/s1. The third kappa shape index (κ3) is 2.59. The molecule has 0 unspecified atom stereocenters. The Hall–Kier alpha value is -3.15. The summed E-state index contributed by atoms with van der Waals surface area (Å²) in [7, 11) is 3.15. The molecular formula is C24H23NO5. The molecule has 1 saturated carbocycles. The van der Waals surface area contributed by atoms with Gasteiger partial charge in [0.1, 0.15) is 5.78 Å². The van der Waals surface area contributed by atoms with Gasteiger partial charge in [0, 0.05) is 18.9 Å². The second-order valence-electron chi connectivity index (χ2n) is 8.20. The number of methoxy groups -OCH3 is 2. The number of rotatable bonds is 5. The molecule has 4 atom stereocenters. The zero-order chi connectivity index (χ0) is 21.0. The van der Waals surface area contributed by atoms with E-state index in [1.54, 1.807) is 14.2 Å². The van der Waals surface area contributed by atoms with Gasteiger partial charge in [-0.05, 0) is 35.2 Å². The number of carbonyl (C=O) groups excluding carboxylic acids is 3. The number of nitrogens with zero attached hydrogens (tertiary/aromatic N) is 1. The average Bonchev–Trinajstić information content (AvgIpc) is 3.03. The molecular weight excluding hydrogens is 382 g/mol. The highest BCUT2D eigenvalue weighted by atomic mass is 16.5. The van der Waals surface area contributed by atoms with Crippen molar-refractivity contribution in [3.63, 3.8) is 0 Å². The number of benzene rings is 2. The topological polar surface area (TPSA) is 72.9 Å². The van der Waals surface area contributed by atoms with E-state index >= 15 is 0 Å². The van der Waals surface area contributed by atoms with Gasteiger partial charge in [0.2, 0.25) is 11.8 Å². The third-order valence-corrected chi connectivity index (χ3v) is 6.85. The van der Waals surface area contributed by atoms with E-state index in [2.05, 4.69) is 0 Å². The van der Waals surface area contributed by atoms with Gasteiger partial charge >= 0.3 is 0 Å². The molecule has 3 aliphatic carbocycles. The second kappa shape index (κ2) is 6.97. The summed E-state index contributed by atoms with van der Waals surface area (Å²) in [4.78, 5) is 40.6. The van der Waals surface area contributed by atoms with Gasteiger partial charge in [0.25, 0.3) is 0 Å². The van der Waals surface area contributed by atoms with Crippen molar-refractivity contribution in [2.24, 2.45) is 11.8 Å². The van der Waals surface area contributed by atoms with Crippen LogP contribution in [0, 0.1) is 11.8 Å². The van der Waals surface area contributed by atoms with Gasteiger partial charge < -0.3 is 9.47 Å². The van der Waals surface area contributed by atoms with Gasteiger partial charge in [-0.1, -0.05) is 30.3 Å². The summed E-state index contributed by atoms with van der Waals surface area (Å²) in [5.74, 6) is -0.654. The maximum Gasteiger partial charge on any atom is 0.234 e. The second-order valence-corrected chi connectivity index (χ2v) is 8.20. The van der Waals surface area contributed by atoms with E-state index in [1.165, 1.54) is 4.90 Å². The van der Waals surface area contributed by atoms with E-state index < -0.39 is 17.8 Å². The molecule has 2 bridgehead atoms. The highest BCUT2D eigenvalue weighted by molar-refractivity contribution is 6.11. The first-order valence-electron chi connectivity index (χ1n) is 10.2. The fraction of sp³-hybridized carbons (Fsp3) is 0.375. The lowest BCUT2D eigenvalue weighted by Gasteiger charge is -2.43. The smallest absolute Gasteiger partial charge is 0.234 e. The molecule has 1 saturated heterocycles. The van der Waals surface area contributed by atoms with Crippen molar-refractivity contribution >= 4 is 17.6 Å². The SMILES string of the molecule is COc1ccc(CCN2C(=O)[C@@H]3[C@H](C2=O)[C@H]2CC(=O)[C@@H]3c3ccccc32)cc1OC. The molecule has 6 nitrogen and oxygen atoms in total. The van der Waals surface area contributed by atoms with Crippen molar-refractivity contribution in [3.05, 3.63) is 59.2 Å². The molecule has 6 rings (SSSR count). The Morgan fingerprint density at radius 2 is 1.60 bits per heavy atom. The molecule has 2 fully saturated rings. The lowest BCUT2D eigenvalue weighted by atomic mass is 9.56. The van der Waals surface area contributed by atoms with Gasteiger partial charge in [-0.15, -0.1) is 0 Å². The Labute approximate surface area is 174 Å². The molecule has 154 valence electrons. The van der Waals surface area contributed by atoms with E-state index in [0.717, 1.165) is 16.7 Å². The van der Waals surface area contributed by atoms with Crippen LogP contribution < -0.4 is 9.47 Å². The van der Waals surface area contributed by atoms with Crippen LogP contribution >= 0.6 is 0 Å². The van der Waals surface area contributed by atoms with Crippen molar-refractivity contribution in [1.29, 1.82) is 0 Å². The predicted octanol–water partition coefficient (Wildman–Crippen LogP) is 2.70. The van der Waals surface area contributed by atoms with Crippen LogP contribution in [0.5, 0.6) is 11.5 Å². The minimum absolute atomic E-state index is 0.0860. The Morgan fingerprint density at radius 1 is 0.900 bits per heavy atom. The Balaban J connectivity index is 1.41. The molecule has 0 aromatic heterocycles. The molecule has 1 aliphatic heterocycles. The third-order valence-electron chi connectivity index (χ3n) is 6.85. The molecule has 2 aromatic carbocycles. The van der Waals surface area contributed by atoms with Gasteiger partial charge in [-0.2, -0.15) is 0 Å². The molecule has 0 spiro atoms. The average molecular weight is 405 g/mol. The van der Waals surface area contributed by atoms with E-state index in [4.69, 9.17) is 9.47 Å². The van der Waals surface area contributed by atoms with Crippen LogP contribution in [0.1, 0.15) is 34.9 Å². The molecule has 0 radical (unpaired) electrons. The largest absolute Gasteiger partial charge is 0.493 e. The van der Waals surface area contributed by atoms with Crippen molar-refractivity contribution in [3.8, 4) is 11.5 Å². The van der Waals surface area contributed by atoms with Gasteiger partial charge in [-0.25, -0.2) is 0 Å². The minimum atomic E-state index is -0.552. The number of hydrogen-bond acceptors (Lipinski definition) is 5. The maximum absolute atomic E-state index is 13.3. The first-order chi connectivity index (χ1) is 14.5. The summed E-state index contributed by atoms with van der Waals surface area (Å²) in [6.45, 7) is 0.296. The summed E-state index contributed by atoms with van der Waals surface area (Å²) in [5.41, 5.74) is 2.94. The Kier molecular flexibility index (Phi) is 4.38. The number of ketones is 1. The highest BCUT2D eigenvalue weighted by Crippen LogP contribution is 2.57. The Morgan fingerprint density at radius 3 is 2.33 bits per heavy atom. The number of Topliss-reactive ketones (excluding diaryl/α,β-unsaturated/α-hetero) is 1. The number of ether oxygens (including phenoxy) is 2. The normalized spacial score (nSPS) is 26.6. The molecule has 2 aromatic rings. The summed E-state index contributed by atoms with van der Waals surface area (Å²) in [5, 5.41) is 0. The molecule has 0 N–H and O–H groups in total. The lowest BCUT2D eigenvalue weighted by molar-refractivity contribution is -0.140. The monoisotopic (exact) mass is 405 g/mol. The maximum atomic E-state index is 13.3. The first-order valence-corrected chi connectivity index (χ1v) is 10.2. The predicted molar refractivity (Wildman–Crippen MR) is 108 cm³/mol. The fourth-order valence-electron chi connectivity index (χ4n) is 5.52. The van der Waals surface area contributed by atoms with Crippen molar-refractivity contribution in [2.45, 2.75) is 24.7 Å².